The van der Waals surface area contributed by atoms with Gasteiger partial charge in [0.1, 0.15) is 5.75 Å². The number of hydrogen-bond acceptors (Lipinski definition) is 9. The molecule has 0 bridgehead atoms. The van der Waals surface area contributed by atoms with Gasteiger partial charge in [0.05, 0.1) is 24.6 Å². The van der Waals surface area contributed by atoms with Crippen LogP contribution in [0.15, 0.2) is 48.8 Å². The van der Waals surface area contributed by atoms with Gasteiger partial charge in [0.15, 0.2) is 11.5 Å². The van der Waals surface area contributed by atoms with Crippen LogP contribution in [0.4, 0.5) is 19.0 Å². The lowest BCUT2D eigenvalue weighted by atomic mass is 10.00. The number of alkyl halides is 3. The van der Waals surface area contributed by atoms with Crippen LogP contribution in [0.25, 0.3) is 11.1 Å². The number of anilines is 1. The van der Waals surface area contributed by atoms with E-state index in [1.807, 2.05) is 21.4 Å². The second-order valence-electron chi connectivity index (χ2n) is 9.00. The van der Waals surface area contributed by atoms with Gasteiger partial charge < -0.3 is 9.64 Å². The SMILES string of the molecule is CCOc1cncc(-c2cc(CN3CCN(c4ccc(C(=O)NS(C)(=O)=O)nn4)CC3)cc(C(F)(F)F)c2)c1. The first-order valence-corrected chi connectivity index (χ1v) is 13.9. The summed E-state index contributed by atoms with van der Waals surface area (Å²) in [5.74, 6) is 0.119. The third-order valence-corrected chi connectivity index (χ3v) is 6.50. The van der Waals surface area contributed by atoms with Gasteiger partial charge in [0.2, 0.25) is 10.0 Å². The number of benzene rings is 1. The number of nitrogens with zero attached hydrogens (tertiary/aromatic N) is 5. The molecule has 3 aromatic rings. The third kappa shape index (κ3) is 7.63. The highest BCUT2D eigenvalue weighted by atomic mass is 32.2. The fourth-order valence-corrected chi connectivity index (χ4v) is 4.61. The molecule has 1 aliphatic rings. The number of piperazine rings is 1. The summed E-state index contributed by atoms with van der Waals surface area (Å²) in [6.07, 6.45) is -0.609. The molecule has 0 aliphatic carbocycles. The van der Waals surface area contributed by atoms with Crippen LogP contribution in [-0.2, 0) is 22.7 Å². The lowest BCUT2D eigenvalue weighted by molar-refractivity contribution is -0.137. The molecule has 3 heterocycles. The highest BCUT2D eigenvalue weighted by molar-refractivity contribution is 7.89. The fraction of sp³-hybridized carbons (Fsp3) is 0.360. The zero-order valence-electron chi connectivity index (χ0n) is 21.3. The minimum Gasteiger partial charge on any atom is -0.492 e. The number of carbonyl (C=O) groups is 1. The van der Waals surface area contributed by atoms with E-state index in [2.05, 4.69) is 15.2 Å². The van der Waals surface area contributed by atoms with Crippen LogP contribution in [0.2, 0.25) is 0 Å². The largest absolute Gasteiger partial charge is 0.492 e. The molecule has 4 rings (SSSR count). The van der Waals surface area contributed by atoms with Crippen LogP contribution in [0.3, 0.4) is 0 Å². The van der Waals surface area contributed by atoms with Crippen LogP contribution >= 0.6 is 0 Å². The highest BCUT2D eigenvalue weighted by Gasteiger charge is 2.31. The van der Waals surface area contributed by atoms with E-state index < -0.39 is 27.7 Å². The average molecular weight is 565 g/mol. The van der Waals surface area contributed by atoms with Crippen LogP contribution in [0.5, 0.6) is 5.75 Å². The van der Waals surface area contributed by atoms with E-state index in [9.17, 15) is 26.4 Å². The van der Waals surface area contributed by atoms with Crippen molar-refractivity contribution in [1.29, 1.82) is 0 Å². The Morgan fingerprint density at radius 3 is 2.38 bits per heavy atom. The molecule has 2 aromatic heterocycles. The number of carbonyl (C=O) groups excluding carboxylic acids is 1. The van der Waals surface area contributed by atoms with Gasteiger partial charge in [-0.15, -0.1) is 10.2 Å². The topological polar surface area (TPSA) is 118 Å². The summed E-state index contributed by atoms with van der Waals surface area (Å²) in [6, 6.07) is 8.65. The maximum atomic E-state index is 13.7. The van der Waals surface area contributed by atoms with Crippen LogP contribution in [-0.4, -0.2) is 73.4 Å². The standard InChI is InChI=1S/C25H27F3N6O4S/c1-3-38-21-13-19(14-29-15-21)18-10-17(11-20(12-18)25(26,27)28)16-33-6-8-34(9-7-33)23-5-4-22(30-31-23)24(35)32-39(2,36)37/h4-5,10-15H,3,6-9,16H2,1-2H3,(H,32,35). The molecule has 1 fully saturated rings. The first-order valence-electron chi connectivity index (χ1n) is 12.0. The van der Waals surface area contributed by atoms with Crippen molar-refractivity contribution in [3.05, 3.63) is 65.6 Å². The van der Waals surface area contributed by atoms with E-state index in [-0.39, 0.29) is 5.69 Å². The number of aromatic nitrogens is 3. The molecular weight excluding hydrogens is 537 g/mol. The molecule has 208 valence electrons. The van der Waals surface area contributed by atoms with Gasteiger partial charge in [0.25, 0.3) is 5.91 Å². The summed E-state index contributed by atoms with van der Waals surface area (Å²) < 4.78 is 70.9. The molecule has 1 aromatic carbocycles. The number of hydrogen-bond donors (Lipinski definition) is 1. The molecule has 1 saturated heterocycles. The van der Waals surface area contributed by atoms with Crippen molar-refractivity contribution in [2.24, 2.45) is 0 Å². The quantitative estimate of drug-likeness (QED) is 0.441. The molecule has 0 spiro atoms. The monoisotopic (exact) mass is 564 g/mol. The summed E-state index contributed by atoms with van der Waals surface area (Å²) in [4.78, 5) is 20.0. The Morgan fingerprint density at radius 2 is 1.77 bits per heavy atom. The second-order valence-corrected chi connectivity index (χ2v) is 10.8. The van der Waals surface area contributed by atoms with Crippen molar-refractivity contribution in [2.45, 2.75) is 19.6 Å². The minimum absolute atomic E-state index is 0.134. The number of pyridine rings is 1. The van der Waals surface area contributed by atoms with Crippen molar-refractivity contribution in [3.63, 3.8) is 0 Å². The fourth-order valence-electron chi connectivity index (χ4n) is 4.16. The Labute approximate surface area is 223 Å². The average Bonchev–Trinajstić information content (AvgIpc) is 2.88. The van der Waals surface area contributed by atoms with Gasteiger partial charge in [-0.3, -0.25) is 14.7 Å². The summed E-state index contributed by atoms with van der Waals surface area (Å²) in [6.45, 7) is 4.75. The van der Waals surface area contributed by atoms with E-state index in [0.717, 1.165) is 12.3 Å². The number of halogens is 3. The summed E-state index contributed by atoms with van der Waals surface area (Å²) >= 11 is 0. The summed E-state index contributed by atoms with van der Waals surface area (Å²) in [7, 11) is -3.72. The molecule has 10 nitrogen and oxygen atoms in total. The van der Waals surface area contributed by atoms with E-state index in [0.29, 0.717) is 67.6 Å². The Hall–Kier alpha value is -3.78. The predicted molar refractivity (Wildman–Crippen MR) is 138 cm³/mol. The first kappa shape index (κ1) is 28.2. The smallest absolute Gasteiger partial charge is 0.416 e. The normalized spacial score (nSPS) is 14.7. The minimum atomic E-state index is -4.50. The van der Waals surface area contributed by atoms with Crippen molar-refractivity contribution in [3.8, 4) is 16.9 Å². The molecule has 1 amide bonds. The lowest BCUT2D eigenvalue weighted by Crippen LogP contribution is -2.46. The van der Waals surface area contributed by atoms with E-state index in [4.69, 9.17) is 4.74 Å². The van der Waals surface area contributed by atoms with Gasteiger partial charge in [-0.1, -0.05) is 0 Å². The number of nitrogens with one attached hydrogen (secondary N) is 1. The number of sulfonamides is 1. The van der Waals surface area contributed by atoms with Gasteiger partial charge >= 0.3 is 6.18 Å². The zero-order chi connectivity index (χ0) is 28.2. The number of amides is 1. The Kier molecular flexibility index (Phi) is 8.35. The van der Waals surface area contributed by atoms with Crippen molar-refractivity contribution >= 4 is 21.7 Å². The van der Waals surface area contributed by atoms with Crippen molar-refractivity contribution in [1.82, 2.24) is 24.8 Å². The van der Waals surface area contributed by atoms with Gasteiger partial charge in [-0.25, -0.2) is 13.1 Å². The molecular formula is C25H27F3N6O4S. The maximum absolute atomic E-state index is 13.7. The van der Waals surface area contributed by atoms with Crippen molar-refractivity contribution < 1.29 is 31.1 Å². The lowest BCUT2D eigenvalue weighted by Gasteiger charge is -2.35. The van der Waals surface area contributed by atoms with E-state index >= 15 is 0 Å². The molecule has 14 heteroatoms. The molecule has 0 atom stereocenters. The van der Waals surface area contributed by atoms with Crippen LogP contribution in [0, 0.1) is 0 Å². The Morgan fingerprint density at radius 1 is 1.03 bits per heavy atom. The third-order valence-electron chi connectivity index (χ3n) is 5.94. The molecule has 0 radical (unpaired) electrons. The van der Waals surface area contributed by atoms with E-state index in [1.54, 1.807) is 18.2 Å². The van der Waals surface area contributed by atoms with Crippen LogP contribution in [0.1, 0.15) is 28.5 Å². The van der Waals surface area contributed by atoms with E-state index in [1.165, 1.54) is 24.5 Å². The van der Waals surface area contributed by atoms with Crippen molar-refractivity contribution in [2.75, 3.05) is 43.9 Å². The van der Waals surface area contributed by atoms with Gasteiger partial charge in [-0.05, 0) is 54.4 Å². The van der Waals surface area contributed by atoms with Gasteiger partial charge in [0, 0.05) is 44.5 Å². The summed E-state index contributed by atoms with van der Waals surface area (Å²) in [5, 5.41) is 7.84. The molecule has 1 N–H and O–H groups in total. The van der Waals surface area contributed by atoms with Gasteiger partial charge in [-0.2, -0.15) is 13.2 Å². The number of rotatable bonds is 8. The second kappa shape index (κ2) is 11.5. The highest BCUT2D eigenvalue weighted by Crippen LogP contribution is 2.34. The molecule has 0 saturated carbocycles. The molecule has 0 unspecified atom stereocenters. The Bertz CT molecular complexity index is 1430. The molecule has 1 aliphatic heterocycles. The summed E-state index contributed by atoms with van der Waals surface area (Å²) in [5.41, 5.74) is 0.597. The number of ether oxygens (including phenoxy) is 1. The zero-order valence-corrected chi connectivity index (χ0v) is 22.1. The maximum Gasteiger partial charge on any atom is 0.416 e. The molecule has 39 heavy (non-hydrogen) atoms. The van der Waals surface area contributed by atoms with Crippen LogP contribution < -0.4 is 14.4 Å². The predicted octanol–water partition coefficient (Wildman–Crippen LogP) is 2.97. The Balaban J connectivity index is 1.44. The first-order chi connectivity index (χ1) is 18.4.